The Labute approximate surface area is 398 Å². The standard InChI is InChI=1S/C55H109N2O6P/c1-6-8-10-12-14-16-18-20-22-24-25-26-27-28-29-30-31-33-35-37-39-41-43-45-47-49-55(59)56-53(52-63-64(60,61)62-51-50-57(3,4)5)54(58)48-46-44-42-40-38-36-34-32-23-21-19-17-15-13-11-9-7-2/h18,20,24-25,53-54,58H,6-17,19,21-23,26-52H2,1-5H3,(H-,56,59,60,61)/b20-18-,25-24-. The van der Waals surface area contributed by atoms with Gasteiger partial charge in [-0.15, -0.1) is 0 Å². The number of amides is 1. The highest BCUT2D eigenvalue weighted by atomic mass is 31.2. The summed E-state index contributed by atoms with van der Waals surface area (Å²) in [4.78, 5) is 25.5. The first-order valence-corrected chi connectivity index (χ1v) is 29.1. The van der Waals surface area contributed by atoms with Gasteiger partial charge in [-0.05, 0) is 44.9 Å². The Bertz CT molecular complexity index is 1090. The molecule has 380 valence electrons. The van der Waals surface area contributed by atoms with E-state index in [9.17, 15) is 19.4 Å². The van der Waals surface area contributed by atoms with Crippen LogP contribution in [0.15, 0.2) is 24.3 Å². The van der Waals surface area contributed by atoms with Crippen LogP contribution in [-0.4, -0.2) is 68.5 Å². The van der Waals surface area contributed by atoms with Gasteiger partial charge in [-0.3, -0.25) is 9.36 Å². The number of allylic oxidation sites excluding steroid dienone is 4. The van der Waals surface area contributed by atoms with Crippen LogP contribution in [0, 0.1) is 0 Å². The topological polar surface area (TPSA) is 108 Å². The number of likely N-dealkylation sites (N-methyl/N-ethyl adjacent to an activating group) is 1. The summed E-state index contributed by atoms with van der Waals surface area (Å²) in [6.45, 7) is 4.74. The Kier molecular flexibility index (Phi) is 46.3. The highest BCUT2D eigenvalue weighted by Gasteiger charge is 2.24. The van der Waals surface area contributed by atoms with Crippen LogP contribution >= 0.6 is 7.82 Å². The van der Waals surface area contributed by atoms with Crippen LogP contribution in [-0.2, 0) is 18.4 Å². The largest absolute Gasteiger partial charge is 0.756 e. The van der Waals surface area contributed by atoms with Gasteiger partial charge < -0.3 is 28.8 Å². The van der Waals surface area contributed by atoms with Crippen molar-refractivity contribution >= 4 is 13.7 Å². The smallest absolute Gasteiger partial charge is 0.268 e. The van der Waals surface area contributed by atoms with E-state index in [0.29, 0.717) is 23.9 Å². The first-order valence-electron chi connectivity index (χ1n) is 27.7. The quantitative estimate of drug-likeness (QED) is 0.0272. The number of unbranched alkanes of at least 4 members (excludes halogenated alkanes) is 34. The molecule has 0 aliphatic rings. The number of aliphatic hydroxyl groups excluding tert-OH is 1. The summed E-state index contributed by atoms with van der Waals surface area (Å²) in [5, 5.41) is 14.0. The van der Waals surface area contributed by atoms with Gasteiger partial charge in [0, 0.05) is 6.42 Å². The summed E-state index contributed by atoms with van der Waals surface area (Å²) in [5.41, 5.74) is 0. The third-order valence-electron chi connectivity index (χ3n) is 12.7. The minimum atomic E-state index is -4.57. The lowest BCUT2D eigenvalue weighted by Crippen LogP contribution is -2.46. The normalized spacial score (nSPS) is 14.2. The van der Waals surface area contributed by atoms with Gasteiger partial charge in [-0.25, -0.2) is 0 Å². The molecule has 0 aliphatic heterocycles. The summed E-state index contributed by atoms with van der Waals surface area (Å²) in [6.07, 6.45) is 57.7. The monoisotopic (exact) mass is 925 g/mol. The molecular formula is C55H109N2O6P. The molecule has 0 aliphatic carbocycles. The second kappa shape index (κ2) is 47.1. The second-order valence-electron chi connectivity index (χ2n) is 20.3. The molecule has 64 heavy (non-hydrogen) atoms. The maximum Gasteiger partial charge on any atom is 0.268 e. The molecule has 0 bridgehead atoms. The number of aliphatic hydroxyl groups is 1. The number of phosphoric ester groups is 1. The maximum absolute atomic E-state index is 13.0. The van der Waals surface area contributed by atoms with Crippen LogP contribution in [0.5, 0.6) is 0 Å². The van der Waals surface area contributed by atoms with Crippen LogP contribution < -0.4 is 10.2 Å². The Morgan fingerprint density at radius 3 is 1.30 bits per heavy atom. The predicted octanol–water partition coefficient (Wildman–Crippen LogP) is 15.8. The van der Waals surface area contributed by atoms with Crippen molar-refractivity contribution in [2.75, 3.05) is 40.9 Å². The fourth-order valence-corrected chi connectivity index (χ4v) is 9.03. The van der Waals surface area contributed by atoms with E-state index in [1.54, 1.807) is 0 Å². The number of hydrogen-bond donors (Lipinski definition) is 2. The third kappa shape index (κ3) is 48.9. The molecule has 0 radical (unpaired) electrons. The van der Waals surface area contributed by atoms with Crippen molar-refractivity contribution in [1.29, 1.82) is 0 Å². The molecule has 3 unspecified atom stereocenters. The molecule has 9 heteroatoms. The molecular weight excluding hydrogens is 816 g/mol. The number of quaternary nitrogens is 1. The molecule has 2 N–H and O–H groups in total. The number of nitrogens with zero attached hydrogens (tertiary/aromatic N) is 1. The lowest BCUT2D eigenvalue weighted by atomic mass is 10.0. The lowest BCUT2D eigenvalue weighted by Gasteiger charge is -2.30. The second-order valence-corrected chi connectivity index (χ2v) is 21.7. The zero-order valence-electron chi connectivity index (χ0n) is 43.3. The van der Waals surface area contributed by atoms with E-state index in [0.717, 1.165) is 44.9 Å². The average molecular weight is 925 g/mol. The molecule has 3 atom stereocenters. The van der Waals surface area contributed by atoms with Crippen molar-refractivity contribution in [3.63, 3.8) is 0 Å². The Hall–Kier alpha value is -1.02. The molecule has 0 fully saturated rings. The SMILES string of the molecule is CCCCCCC/C=C\C/C=C\CCCCCCCCCCCCCCCC(=O)NC(COP(=O)([O-])OCC[N+](C)(C)C)C(O)CCCCCCCCCCCCCCCCCCC. The van der Waals surface area contributed by atoms with Gasteiger partial charge in [0.1, 0.15) is 13.2 Å². The van der Waals surface area contributed by atoms with Crippen molar-refractivity contribution in [3.05, 3.63) is 24.3 Å². The molecule has 0 aromatic rings. The summed E-state index contributed by atoms with van der Waals surface area (Å²) in [6, 6.07) is -0.799. The van der Waals surface area contributed by atoms with Crippen LogP contribution in [0.4, 0.5) is 0 Å². The van der Waals surface area contributed by atoms with E-state index in [-0.39, 0.29) is 19.1 Å². The number of carbonyl (C=O) groups is 1. The maximum atomic E-state index is 13.0. The molecule has 0 rings (SSSR count). The zero-order valence-corrected chi connectivity index (χ0v) is 44.1. The average Bonchev–Trinajstić information content (AvgIpc) is 3.25. The van der Waals surface area contributed by atoms with Crippen molar-refractivity contribution in [3.8, 4) is 0 Å². The minimum absolute atomic E-state index is 0.0136. The van der Waals surface area contributed by atoms with Gasteiger partial charge in [-0.2, -0.15) is 0 Å². The van der Waals surface area contributed by atoms with E-state index in [1.165, 1.54) is 199 Å². The van der Waals surface area contributed by atoms with Gasteiger partial charge in [0.15, 0.2) is 0 Å². The molecule has 0 saturated carbocycles. The molecule has 0 heterocycles. The molecule has 8 nitrogen and oxygen atoms in total. The van der Waals surface area contributed by atoms with Crippen LogP contribution in [0.2, 0.25) is 0 Å². The van der Waals surface area contributed by atoms with Crippen molar-refractivity contribution in [2.45, 2.75) is 283 Å². The van der Waals surface area contributed by atoms with Gasteiger partial charge in [0.25, 0.3) is 7.82 Å². The first-order chi connectivity index (χ1) is 31.0. The Morgan fingerprint density at radius 1 is 0.547 bits per heavy atom. The summed E-state index contributed by atoms with van der Waals surface area (Å²) >= 11 is 0. The van der Waals surface area contributed by atoms with E-state index >= 15 is 0 Å². The summed E-state index contributed by atoms with van der Waals surface area (Å²) in [5.74, 6) is -0.162. The zero-order chi connectivity index (χ0) is 47.1. The lowest BCUT2D eigenvalue weighted by molar-refractivity contribution is -0.870. The first kappa shape index (κ1) is 63.0. The molecule has 1 amide bonds. The van der Waals surface area contributed by atoms with Gasteiger partial charge >= 0.3 is 0 Å². The number of nitrogens with one attached hydrogen (secondary N) is 1. The van der Waals surface area contributed by atoms with Gasteiger partial charge in [-0.1, -0.05) is 244 Å². The van der Waals surface area contributed by atoms with Crippen molar-refractivity contribution in [1.82, 2.24) is 5.32 Å². The van der Waals surface area contributed by atoms with Crippen molar-refractivity contribution < 1.29 is 32.9 Å². The number of phosphoric acid groups is 1. The summed E-state index contributed by atoms with van der Waals surface area (Å²) in [7, 11) is 1.31. The molecule has 0 aromatic heterocycles. The van der Waals surface area contributed by atoms with Crippen LogP contribution in [0.1, 0.15) is 271 Å². The Balaban J connectivity index is 4.16. The van der Waals surface area contributed by atoms with E-state index in [1.807, 2.05) is 21.1 Å². The highest BCUT2D eigenvalue weighted by molar-refractivity contribution is 7.45. The van der Waals surface area contributed by atoms with Crippen LogP contribution in [0.3, 0.4) is 0 Å². The Morgan fingerprint density at radius 2 is 0.906 bits per heavy atom. The minimum Gasteiger partial charge on any atom is -0.756 e. The van der Waals surface area contributed by atoms with E-state index < -0.39 is 20.0 Å². The fraction of sp³-hybridized carbons (Fsp3) is 0.909. The number of hydrogen-bond acceptors (Lipinski definition) is 6. The number of carbonyl (C=O) groups excluding carboxylic acids is 1. The van der Waals surface area contributed by atoms with E-state index in [2.05, 4.69) is 43.5 Å². The third-order valence-corrected chi connectivity index (χ3v) is 13.7. The van der Waals surface area contributed by atoms with Gasteiger partial charge in [0.05, 0.1) is 39.9 Å². The highest BCUT2D eigenvalue weighted by Crippen LogP contribution is 2.38. The van der Waals surface area contributed by atoms with E-state index in [4.69, 9.17) is 9.05 Å². The number of rotatable bonds is 51. The predicted molar refractivity (Wildman–Crippen MR) is 275 cm³/mol. The van der Waals surface area contributed by atoms with Crippen molar-refractivity contribution in [2.24, 2.45) is 0 Å². The molecule has 0 saturated heterocycles. The summed E-state index contributed by atoms with van der Waals surface area (Å²) < 4.78 is 23.4. The van der Waals surface area contributed by atoms with Crippen LogP contribution in [0.25, 0.3) is 0 Å². The molecule has 0 spiro atoms. The van der Waals surface area contributed by atoms with Gasteiger partial charge in [0.2, 0.25) is 5.91 Å². The molecule has 0 aromatic carbocycles. The fourth-order valence-electron chi connectivity index (χ4n) is 8.31.